The normalized spacial score (nSPS) is 16.3. The Bertz CT molecular complexity index is 939. The van der Waals surface area contributed by atoms with Gasteiger partial charge in [-0.1, -0.05) is 49.0 Å². The SMILES string of the molecule is CC1CCc2c(sc3ncnc(SCC(=O)NCCc4ccccc4)c23)C1. The van der Waals surface area contributed by atoms with Crippen molar-refractivity contribution in [3.05, 3.63) is 52.7 Å². The predicted molar refractivity (Wildman–Crippen MR) is 112 cm³/mol. The molecule has 1 unspecified atom stereocenters. The maximum absolute atomic E-state index is 12.2. The van der Waals surface area contributed by atoms with Crippen LogP contribution in [0.25, 0.3) is 10.2 Å². The van der Waals surface area contributed by atoms with Crippen LogP contribution in [0.2, 0.25) is 0 Å². The molecule has 2 aromatic heterocycles. The number of nitrogens with one attached hydrogen (secondary N) is 1. The fraction of sp³-hybridized carbons (Fsp3) is 0.381. The van der Waals surface area contributed by atoms with Crippen molar-refractivity contribution in [2.24, 2.45) is 5.92 Å². The van der Waals surface area contributed by atoms with E-state index in [1.165, 1.54) is 39.6 Å². The topological polar surface area (TPSA) is 54.9 Å². The van der Waals surface area contributed by atoms with Gasteiger partial charge in [-0.25, -0.2) is 9.97 Å². The monoisotopic (exact) mass is 397 g/mol. The number of nitrogens with zero attached hydrogens (tertiary/aromatic N) is 2. The maximum atomic E-state index is 12.2. The summed E-state index contributed by atoms with van der Waals surface area (Å²) in [6.07, 6.45) is 5.94. The van der Waals surface area contributed by atoms with Crippen molar-refractivity contribution in [2.45, 2.75) is 37.6 Å². The van der Waals surface area contributed by atoms with Crippen molar-refractivity contribution < 1.29 is 4.79 Å². The van der Waals surface area contributed by atoms with E-state index in [0.29, 0.717) is 12.3 Å². The van der Waals surface area contributed by atoms with E-state index < -0.39 is 0 Å². The number of aromatic nitrogens is 2. The van der Waals surface area contributed by atoms with E-state index in [0.717, 1.165) is 35.0 Å². The molecule has 1 aliphatic rings. The van der Waals surface area contributed by atoms with Crippen LogP contribution in [0.3, 0.4) is 0 Å². The highest BCUT2D eigenvalue weighted by atomic mass is 32.2. The maximum Gasteiger partial charge on any atom is 0.230 e. The van der Waals surface area contributed by atoms with Crippen LogP contribution in [0.15, 0.2) is 41.7 Å². The lowest BCUT2D eigenvalue weighted by Crippen LogP contribution is -2.27. The molecule has 0 bridgehead atoms. The van der Waals surface area contributed by atoms with Gasteiger partial charge in [0.1, 0.15) is 16.2 Å². The average Bonchev–Trinajstić information content (AvgIpc) is 3.05. The lowest BCUT2D eigenvalue weighted by Gasteiger charge is -2.18. The van der Waals surface area contributed by atoms with Gasteiger partial charge in [0.25, 0.3) is 0 Å². The molecule has 4 rings (SSSR count). The van der Waals surface area contributed by atoms with Gasteiger partial charge in [0.15, 0.2) is 0 Å². The van der Waals surface area contributed by atoms with Gasteiger partial charge in [0, 0.05) is 16.8 Å². The summed E-state index contributed by atoms with van der Waals surface area (Å²) in [6.45, 7) is 2.97. The van der Waals surface area contributed by atoms with Crippen molar-refractivity contribution in [3.8, 4) is 0 Å². The number of carbonyl (C=O) groups excluding carboxylic acids is 1. The van der Waals surface area contributed by atoms with Crippen LogP contribution in [-0.2, 0) is 24.1 Å². The number of thiophene rings is 1. The van der Waals surface area contributed by atoms with Gasteiger partial charge in [-0.05, 0) is 42.7 Å². The molecule has 0 aliphatic heterocycles. The lowest BCUT2D eigenvalue weighted by molar-refractivity contribution is -0.118. The minimum atomic E-state index is 0.0559. The van der Waals surface area contributed by atoms with E-state index in [2.05, 4.69) is 34.3 Å². The van der Waals surface area contributed by atoms with Crippen LogP contribution >= 0.6 is 23.1 Å². The van der Waals surface area contributed by atoms with E-state index in [4.69, 9.17) is 0 Å². The van der Waals surface area contributed by atoms with E-state index in [-0.39, 0.29) is 5.91 Å². The highest BCUT2D eigenvalue weighted by molar-refractivity contribution is 8.00. The summed E-state index contributed by atoms with van der Waals surface area (Å²) in [6, 6.07) is 10.2. The quantitative estimate of drug-likeness (QED) is 0.499. The predicted octanol–water partition coefficient (Wildman–Crippen LogP) is 4.27. The summed E-state index contributed by atoms with van der Waals surface area (Å²) in [7, 11) is 0. The summed E-state index contributed by atoms with van der Waals surface area (Å²) in [5.41, 5.74) is 2.66. The molecule has 1 amide bonds. The number of fused-ring (bicyclic) bond motifs is 3. The molecule has 0 saturated heterocycles. The fourth-order valence-electron chi connectivity index (χ4n) is 3.53. The van der Waals surface area contributed by atoms with E-state index >= 15 is 0 Å². The number of hydrogen-bond donors (Lipinski definition) is 1. The smallest absolute Gasteiger partial charge is 0.230 e. The summed E-state index contributed by atoms with van der Waals surface area (Å²) in [4.78, 5) is 23.7. The molecule has 1 aliphatic carbocycles. The first-order valence-electron chi connectivity index (χ1n) is 9.39. The Morgan fingerprint density at radius 1 is 1.30 bits per heavy atom. The molecular formula is C21H23N3OS2. The molecule has 3 aromatic rings. The molecule has 1 atom stereocenters. The Balaban J connectivity index is 1.38. The molecule has 0 fully saturated rings. The van der Waals surface area contributed by atoms with Crippen LogP contribution in [0.5, 0.6) is 0 Å². The number of aryl methyl sites for hydroxylation is 1. The fourth-order valence-corrected chi connectivity index (χ4v) is 5.80. The van der Waals surface area contributed by atoms with Crippen molar-refractivity contribution in [2.75, 3.05) is 12.3 Å². The summed E-state index contributed by atoms with van der Waals surface area (Å²) in [5.74, 6) is 1.19. The number of amides is 1. The molecule has 140 valence electrons. The molecule has 1 aromatic carbocycles. The first-order chi connectivity index (χ1) is 13.2. The third kappa shape index (κ3) is 4.33. The zero-order valence-electron chi connectivity index (χ0n) is 15.4. The van der Waals surface area contributed by atoms with E-state index in [1.807, 2.05) is 18.2 Å². The van der Waals surface area contributed by atoms with Gasteiger partial charge in [0.2, 0.25) is 5.91 Å². The first kappa shape index (κ1) is 18.4. The first-order valence-corrected chi connectivity index (χ1v) is 11.2. The zero-order chi connectivity index (χ0) is 18.6. The standard InChI is InChI=1S/C21H23N3OS2/c1-14-7-8-16-17(11-14)27-21-19(16)20(23-13-24-21)26-12-18(25)22-10-9-15-5-3-2-4-6-15/h2-6,13-14H,7-12H2,1H3,(H,22,25). The summed E-state index contributed by atoms with van der Waals surface area (Å²) < 4.78 is 0. The van der Waals surface area contributed by atoms with Crippen LogP contribution in [0, 0.1) is 5.92 Å². The molecule has 0 radical (unpaired) electrons. The minimum absolute atomic E-state index is 0.0559. The number of carbonyl (C=O) groups is 1. The number of benzene rings is 1. The van der Waals surface area contributed by atoms with Gasteiger partial charge < -0.3 is 5.32 Å². The molecule has 4 nitrogen and oxygen atoms in total. The van der Waals surface area contributed by atoms with Crippen molar-refractivity contribution >= 4 is 39.2 Å². The Morgan fingerprint density at radius 3 is 3.00 bits per heavy atom. The molecule has 6 heteroatoms. The van der Waals surface area contributed by atoms with Crippen molar-refractivity contribution in [1.29, 1.82) is 0 Å². The number of hydrogen-bond acceptors (Lipinski definition) is 5. The zero-order valence-corrected chi connectivity index (χ0v) is 17.0. The Kier molecular flexibility index (Phi) is 5.74. The summed E-state index contributed by atoms with van der Waals surface area (Å²) in [5, 5.41) is 5.15. The molecular weight excluding hydrogens is 374 g/mol. The third-order valence-corrected chi connectivity index (χ3v) is 7.13. The van der Waals surface area contributed by atoms with Gasteiger partial charge >= 0.3 is 0 Å². The van der Waals surface area contributed by atoms with Crippen molar-refractivity contribution in [3.63, 3.8) is 0 Å². The summed E-state index contributed by atoms with van der Waals surface area (Å²) >= 11 is 3.32. The van der Waals surface area contributed by atoms with Crippen LogP contribution in [0.1, 0.15) is 29.3 Å². The molecule has 0 saturated carbocycles. The van der Waals surface area contributed by atoms with Crippen LogP contribution < -0.4 is 5.32 Å². The van der Waals surface area contributed by atoms with Crippen LogP contribution in [0.4, 0.5) is 0 Å². The second-order valence-electron chi connectivity index (χ2n) is 7.08. The van der Waals surface area contributed by atoms with Crippen LogP contribution in [-0.4, -0.2) is 28.2 Å². The Hall–Kier alpha value is -1.92. The second kappa shape index (κ2) is 8.40. The second-order valence-corrected chi connectivity index (χ2v) is 9.13. The molecule has 0 spiro atoms. The highest BCUT2D eigenvalue weighted by Gasteiger charge is 2.23. The van der Waals surface area contributed by atoms with Gasteiger partial charge in [-0.2, -0.15) is 0 Å². The van der Waals surface area contributed by atoms with E-state index in [9.17, 15) is 4.79 Å². The Morgan fingerprint density at radius 2 is 2.15 bits per heavy atom. The molecule has 27 heavy (non-hydrogen) atoms. The molecule has 1 N–H and O–H groups in total. The van der Waals surface area contributed by atoms with Gasteiger partial charge in [0.05, 0.1) is 5.75 Å². The van der Waals surface area contributed by atoms with E-state index in [1.54, 1.807) is 17.7 Å². The van der Waals surface area contributed by atoms with Gasteiger partial charge in [-0.3, -0.25) is 4.79 Å². The number of thioether (sulfide) groups is 1. The Labute approximate surface area is 167 Å². The molecule has 2 heterocycles. The number of rotatable bonds is 6. The highest BCUT2D eigenvalue weighted by Crippen LogP contribution is 2.40. The third-order valence-electron chi connectivity index (χ3n) is 4.98. The largest absolute Gasteiger partial charge is 0.355 e. The minimum Gasteiger partial charge on any atom is -0.355 e. The van der Waals surface area contributed by atoms with Gasteiger partial charge in [-0.15, -0.1) is 11.3 Å². The lowest BCUT2D eigenvalue weighted by atomic mass is 9.89. The average molecular weight is 398 g/mol. The van der Waals surface area contributed by atoms with Crippen molar-refractivity contribution in [1.82, 2.24) is 15.3 Å².